The van der Waals surface area contributed by atoms with Gasteiger partial charge in [-0.3, -0.25) is 9.59 Å². The Morgan fingerprint density at radius 1 is 0.677 bits per heavy atom. The first kappa shape index (κ1) is 23.1. The molecule has 0 radical (unpaired) electrons. The van der Waals surface area contributed by atoms with Crippen molar-refractivity contribution in [3.8, 4) is 11.1 Å². The largest absolute Gasteiger partial charge is 0.481 e. The van der Waals surface area contributed by atoms with Gasteiger partial charge in [0.2, 0.25) is 0 Å². The van der Waals surface area contributed by atoms with Gasteiger partial charge in [0.05, 0.1) is 0 Å². The van der Waals surface area contributed by atoms with Crippen LogP contribution in [-0.2, 0) is 15.0 Å². The van der Waals surface area contributed by atoms with Gasteiger partial charge in [0, 0.05) is 18.3 Å². The van der Waals surface area contributed by atoms with E-state index in [9.17, 15) is 9.59 Å². The lowest BCUT2D eigenvalue weighted by Crippen LogP contribution is -2.26. The molecule has 2 aromatic carbocycles. The van der Waals surface area contributed by atoms with Crippen LogP contribution in [0.5, 0.6) is 0 Å². The van der Waals surface area contributed by atoms with Gasteiger partial charge in [0.15, 0.2) is 0 Å². The van der Waals surface area contributed by atoms with E-state index in [0.29, 0.717) is 12.8 Å². The van der Waals surface area contributed by atoms with Gasteiger partial charge in [0.1, 0.15) is 0 Å². The molecule has 166 valence electrons. The fourth-order valence-corrected chi connectivity index (χ4v) is 5.15. The van der Waals surface area contributed by atoms with E-state index in [-0.39, 0.29) is 18.3 Å². The summed E-state index contributed by atoms with van der Waals surface area (Å²) in [4.78, 5) is 21.8. The van der Waals surface area contributed by atoms with Gasteiger partial charge in [-0.25, -0.2) is 0 Å². The Morgan fingerprint density at radius 2 is 1.10 bits per heavy atom. The van der Waals surface area contributed by atoms with Gasteiger partial charge in [-0.05, 0) is 61.8 Å². The normalized spacial score (nSPS) is 13.6. The molecular weight excluding hydrogens is 388 g/mol. The Hall–Kier alpha value is -2.62. The highest BCUT2D eigenvalue weighted by molar-refractivity contribution is 5.81. The van der Waals surface area contributed by atoms with E-state index in [1.165, 1.54) is 33.4 Å². The van der Waals surface area contributed by atoms with Crippen molar-refractivity contribution >= 4 is 11.9 Å². The smallest absolute Gasteiger partial charge is 0.303 e. The number of aryl methyl sites for hydroxylation is 2. The van der Waals surface area contributed by atoms with Gasteiger partial charge in [-0.1, -0.05) is 73.2 Å². The molecule has 3 rings (SSSR count). The lowest BCUT2D eigenvalue weighted by atomic mass is 9.70. The van der Waals surface area contributed by atoms with E-state index in [1.54, 1.807) is 0 Å². The van der Waals surface area contributed by atoms with Crippen molar-refractivity contribution < 1.29 is 19.8 Å². The molecule has 0 fully saturated rings. The second-order valence-corrected chi connectivity index (χ2v) is 9.09. The van der Waals surface area contributed by atoms with Gasteiger partial charge in [0.25, 0.3) is 0 Å². The maximum absolute atomic E-state index is 10.9. The molecule has 0 heterocycles. The number of aliphatic carboxylic acids is 2. The van der Waals surface area contributed by atoms with E-state index in [4.69, 9.17) is 10.2 Å². The molecule has 0 aromatic heterocycles. The van der Waals surface area contributed by atoms with Crippen molar-refractivity contribution in [3.05, 3.63) is 58.7 Å². The van der Waals surface area contributed by atoms with E-state index in [0.717, 1.165) is 38.5 Å². The minimum atomic E-state index is -0.726. The quantitative estimate of drug-likeness (QED) is 0.376. The Bertz CT molecular complexity index is 867. The van der Waals surface area contributed by atoms with Crippen molar-refractivity contribution in [2.24, 2.45) is 0 Å². The Balaban J connectivity index is 1.90. The van der Waals surface area contributed by atoms with Gasteiger partial charge < -0.3 is 10.2 Å². The molecule has 0 aliphatic heterocycles. The summed E-state index contributed by atoms with van der Waals surface area (Å²) in [6, 6.07) is 13.5. The summed E-state index contributed by atoms with van der Waals surface area (Å²) in [5, 5.41) is 17.9. The number of benzene rings is 2. The van der Waals surface area contributed by atoms with Crippen LogP contribution in [0.4, 0.5) is 0 Å². The Morgan fingerprint density at radius 3 is 1.48 bits per heavy atom. The summed E-state index contributed by atoms with van der Waals surface area (Å²) < 4.78 is 0. The van der Waals surface area contributed by atoms with Gasteiger partial charge in [-0.2, -0.15) is 0 Å². The molecule has 0 saturated carbocycles. The van der Waals surface area contributed by atoms with Crippen LogP contribution in [0.3, 0.4) is 0 Å². The van der Waals surface area contributed by atoms with Crippen LogP contribution in [0.1, 0.15) is 86.5 Å². The molecule has 0 atom stereocenters. The third kappa shape index (κ3) is 5.36. The minimum Gasteiger partial charge on any atom is -0.481 e. The molecule has 1 aliphatic carbocycles. The first-order chi connectivity index (χ1) is 14.8. The molecule has 0 saturated heterocycles. The molecule has 0 bridgehead atoms. The summed E-state index contributed by atoms with van der Waals surface area (Å²) in [5.74, 6) is -1.45. The van der Waals surface area contributed by atoms with E-state index in [2.05, 4.69) is 50.2 Å². The number of rotatable bonds is 12. The number of hydrogen-bond acceptors (Lipinski definition) is 2. The highest BCUT2D eigenvalue weighted by Crippen LogP contribution is 2.54. The third-order valence-corrected chi connectivity index (χ3v) is 6.66. The predicted molar refractivity (Wildman–Crippen MR) is 124 cm³/mol. The molecule has 0 unspecified atom stereocenters. The van der Waals surface area contributed by atoms with Crippen LogP contribution in [0.2, 0.25) is 0 Å². The van der Waals surface area contributed by atoms with Gasteiger partial charge in [-0.15, -0.1) is 0 Å². The maximum atomic E-state index is 10.9. The third-order valence-electron chi connectivity index (χ3n) is 6.66. The molecular formula is C27H34O4. The molecule has 1 aliphatic rings. The summed E-state index contributed by atoms with van der Waals surface area (Å²) >= 11 is 0. The average molecular weight is 423 g/mol. The minimum absolute atomic E-state index is 0.0743. The SMILES string of the molecule is Cc1ccc2c(c1)C(CCCCCC(=O)O)(CCCCCC(=O)O)c1cc(C)ccc1-2. The molecule has 4 heteroatoms. The average Bonchev–Trinajstić information content (AvgIpc) is 2.96. The first-order valence-corrected chi connectivity index (χ1v) is 11.5. The number of unbranched alkanes of at least 4 members (excludes halogenated alkanes) is 4. The van der Waals surface area contributed by atoms with Crippen molar-refractivity contribution in [3.63, 3.8) is 0 Å². The van der Waals surface area contributed by atoms with E-state index in [1.807, 2.05) is 0 Å². The van der Waals surface area contributed by atoms with E-state index >= 15 is 0 Å². The van der Waals surface area contributed by atoms with Crippen molar-refractivity contribution in [1.29, 1.82) is 0 Å². The highest BCUT2D eigenvalue weighted by Gasteiger charge is 2.42. The fourth-order valence-electron chi connectivity index (χ4n) is 5.15. The summed E-state index contributed by atoms with van der Waals surface area (Å²) in [6.45, 7) is 4.28. The van der Waals surface area contributed by atoms with Crippen molar-refractivity contribution in [1.82, 2.24) is 0 Å². The zero-order valence-corrected chi connectivity index (χ0v) is 18.7. The fraction of sp³-hybridized carbons (Fsp3) is 0.481. The second kappa shape index (κ2) is 10.1. The van der Waals surface area contributed by atoms with Crippen LogP contribution >= 0.6 is 0 Å². The van der Waals surface area contributed by atoms with Crippen LogP contribution in [0.25, 0.3) is 11.1 Å². The number of carbonyl (C=O) groups is 2. The van der Waals surface area contributed by atoms with Crippen LogP contribution in [0.15, 0.2) is 36.4 Å². The second-order valence-electron chi connectivity index (χ2n) is 9.09. The number of carboxylic acids is 2. The summed E-state index contributed by atoms with van der Waals surface area (Å²) in [5.41, 5.74) is 7.85. The maximum Gasteiger partial charge on any atom is 0.303 e. The Kier molecular flexibility index (Phi) is 7.53. The molecule has 4 nitrogen and oxygen atoms in total. The molecule has 31 heavy (non-hydrogen) atoms. The molecule has 0 spiro atoms. The number of fused-ring (bicyclic) bond motifs is 3. The molecule has 2 aromatic rings. The standard InChI is InChI=1S/C27H34O4/c1-19-11-13-21-22-14-12-20(2)18-24(22)27(23(21)17-19,15-7-3-5-9-25(28)29)16-8-4-6-10-26(30)31/h11-14,17-18H,3-10,15-16H2,1-2H3,(H,28,29)(H,30,31). The van der Waals surface area contributed by atoms with Crippen LogP contribution in [0, 0.1) is 13.8 Å². The summed E-state index contributed by atoms with van der Waals surface area (Å²) in [6.07, 6.45) is 7.69. The lowest BCUT2D eigenvalue weighted by Gasteiger charge is -2.33. The Labute approximate surface area is 185 Å². The van der Waals surface area contributed by atoms with Crippen molar-refractivity contribution in [2.45, 2.75) is 83.5 Å². The first-order valence-electron chi connectivity index (χ1n) is 11.5. The summed E-state index contributed by atoms with van der Waals surface area (Å²) in [7, 11) is 0. The topological polar surface area (TPSA) is 74.6 Å². The molecule has 0 amide bonds. The monoisotopic (exact) mass is 422 g/mol. The van der Waals surface area contributed by atoms with Crippen LogP contribution < -0.4 is 0 Å². The number of carboxylic acid groups (broad SMARTS) is 2. The number of hydrogen-bond donors (Lipinski definition) is 2. The molecule has 2 N–H and O–H groups in total. The van der Waals surface area contributed by atoms with Gasteiger partial charge >= 0.3 is 11.9 Å². The zero-order valence-electron chi connectivity index (χ0n) is 18.7. The highest BCUT2D eigenvalue weighted by atomic mass is 16.4. The van der Waals surface area contributed by atoms with E-state index < -0.39 is 11.9 Å². The van der Waals surface area contributed by atoms with Crippen LogP contribution in [-0.4, -0.2) is 22.2 Å². The van der Waals surface area contributed by atoms with Crippen molar-refractivity contribution in [2.75, 3.05) is 0 Å². The zero-order chi connectivity index (χ0) is 22.4. The predicted octanol–water partition coefficient (Wildman–Crippen LogP) is 6.64. The lowest BCUT2D eigenvalue weighted by molar-refractivity contribution is -0.138.